The van der Waals surface area contributed by atoms with Crippen LogP contribution in [0.1, 0.15) is 12.5 Å². The van der Waals surface area contributed by atoms with Crippen LogP contribution in [0.2, 0.25) is 10.0 Å². The Kier molecular flexibility index (Phi) is 9.65. The van der Waals surface area contributed by atoms with Crippen LogP contribution in [0, 0.1) is 0 Å². The Hall–Kier alpha value is -3.96. The molecular formula is C33H36Cl2N6O4. The molecule has 45 heavy (non-hydrogen) atoms. The van der Waals surface area contributed by atoms with Crippen LogP contribution in [-0.2, 0) is 21.8 Å². The van der Waals surface area contributed by atoms with Crippen LogP contribution >= 0.6 is 23.2 Å². The standard InChI is InChI=1S/C33H36Cl2N6O4/c1-2-37-32(42)38-25-4-6-26(7-5-25)40-15-17-41(18-16-40)27-8-10-28(11-9-27)43-20-29-21-44-33(45-29,22-39-14-13-36-23-39)30-12-3-24(34)19-31(30)35/h3-14,19,23,29H,2,15-18,20-22H2,1H3,(H2,37,38,42)/t29-,33-/m1/s1. The summed E-state index contributed by atoms with van der Waals surface area (Å²) in [5.74, 6) is -0.328. The quantitative estimate of drug-likeness (QED) is 0.217. The molecule has 236 valence electrons. The molecule has 10 nitrogen and oxygen atoms in total. The molecule has 2 saturated heterocycles. The van der Waals surface area contributed by atoms with Crippen molar-refractivity contribution in [1.29, 1.82) is 0 Å². The number of hydrogen-bond donors (Lipinski definition) is 2. The smallest absolute Gasteiger partial charge is 0.319 e. The summed E-state index contributed by atoms with van der Waals surface area (Å²) >= 11 is 12.7. The number of amides is 2. The molecular weight excluding hydrogens is 615 g/mol. The normalized spacial score (nSPS) is 19.8. The van der Waals surface area contributed by atoms with Gasteiger partial charge < -0.3 is 39.2 Å². The number of urea groups is 1. The van der Waals surface area contributed by atoms with Gasteiger partial charge in [0, 0.05) is 72.8 Å². The number of halogens is 2. The molecule has 3 heterocycles. The molecule has 6 rings (SSSR count). The molecule has 12 heteroatoms. The van der Waals surface area contributed by atoms with Crippen molar-refractivity contribution >= 4 is 46.3 Å². The van der Waals surface area contributed by atoms with Gasteiger partial charge in [0.15, 0.2) is 0 Å². The van der Waals surface area contributed by atoms with Crippen molar-refractivity contribution in [3.63, 3.8) is 0 Å². The predicted octanol–water partition coefficient (Wildman–Crippen LogP) is 6.01. The lowest BCUT2D eigenvalue weighted by molar-refractivity contribution is -0.189. The molecule has 0 spiro atoms. The summed E-state index contributed by atoms with van der Waals surface area (Å²) in [5, 5.41) is 6.60. The van der Waals surface area contributed by atoms with Crippen molar-refractivity contribution in [1.82, 2.24) is 14.9 Å². The van der Waals surface area contributed by atoms with Crippen molar-refractivity contribution in [2.75, 3.05) is 61.1 Å². The average Bonchev–Trinajstić information content (AvgIpc) is 3.71. The largest absolute Gasteiger partial charge is 0.491 e. The molecule has 4 aromatic rings. The molecule has 1 aromatic heterocycles. The van der Waals surface area contributed by atoms with Gasteiger partial charge in [0.05, 0.1) is 24.5 Å². The lowest BCUT2D eigenvalue weighted by Gasteiger charge is -2.37. The van der Waals surface area contributed by atoms with E-state index in [2.05, 4.69) is 37.6 Å². The maximum Gasteiger partial charge on any atom is 0.319 e. The number of nitrogens with one attached hydrogen (secondary N) is 2. The van der Waals surface area contributed by atoms with E-state index in [0.717, 1.165) is 49.0 Å². The van der Waals surface area contributed by atoms with Gasteiger partial charge in [-0.25, -0.2) is 9.78 Å². The van der Waals surface area contributed by atoms with E-state index >= 15 is 0 Å². The van der Waals surface area contributed by atoms with Crippen molar-refractivity contribution in [2.24, 2.45) is 0 Å². The van der Waals surface area contributed by atoms with E-state index in [4.69, 9.17) is 37.4 Å². The Morgan fingerprint density at radius 1 is 1.00 bits per heavy atom. The number of carbonyl (C=O) groups excluding carboxylic acids is 1. The van der Waals surface area contributed by atoms with E-state index in [0.29, 0.717) is 41.9 Å². The van der Waals surface area contributed by atoms with Gasteiger partial charge in [-0.05, 0) is 67.6 Å². The van der Waals surface area contributed by atoms with Crippen LogP contribution < -0.4 is 25.2 Å². The van der Waals surface area contributed by atoms with Crippen molar-refractivity contribution in [2.45, 2.75) is 25.4 Å². The van der Waals surface area contributed by atoms with Gasteiger partial charge in [-0.3, -0.25) is 0 Å². The summed E-state index contributed by atoms with van der Waals surface area (Å²) in [5.41, 5.74) is 3.78. The molecule has 0 bridgehead atoms. The van der Waals surface area contributed by atoms with Gasteiger partial charge in [0.2, 0.25) is 5.79 Å². The van der Waals surface area contributed by atoms with Crippen LogP contribution in [-0.4, -0.2) is 67.6 Å². The summed E-state index contributed by atoms with van der Waals surface area (Å²) in [7, 11) is 0. The Bertz CT molecular complexity index is 1560. The van der Waals surface area contributed by atoms with Crippen molar-refractivity contribution < 1.29 is 19.0 Å². The fourth-order valence-corrected chi connectivity index (χ4v) is 6.18. The van der Waals surface area contributed by atoms with Gasteiger partial charge in [-0.15, -0.1) is 0 Å². The highest BCUT2D eigenvalue weighted by atomic mass is 35.5. The first-order chi connectivity index (χ1) is 21.9. The number of imidazole rings is 1. The first kappa shape index (κ1) is 31.0. The average molecular weight is 652 g/mol. The van der Waals surface area contributed by atoms with Crippen LogP contribution in [0.5, 0.6) is 5.75 Å². The number of aromatic nitrogens is 2. The molecule has 2 atom stereocenters. The Morgan fingerprint density at radius 2 is 1.69 bits per heavy atom. The molecule has 2 amide bonds. The fourth-order valence-electron chi connectivity index (χ4n) is 5.63. The SMILES string of the molecule is CCNC(=O)Nc1ccc(N2CCN(c3ccc(OC[C@@H]4CO[C@@](Cn5ccnc5)(c5ccc(Cl)cc5Cl)O4)cc3)CC2)cc1. The van der Waals surface area contributed by atoms with Crippen LogP contribution in [0.25, 0.3) is 0 Å². The zero-order valence-electron chi connectivity index (χ0n) is 25.0. The zero-order chi connectivity index (χ0) is 31.2. The maximum atomic E-state index is 11.8. The second-order valence-electron chi connectivity index (χ2n) is 11.0. The van der Waals surface area contributed by atoms with Gasteiger partial charge in [0.1, 0.15) is 18.5 Å². The maximum absolute atomic E-state index is 11.8. The Balaban J connectivity index is 1.01. The minimum atomic E-state index is -1.09. The third-order valence-corrected chi connectivity index (χ3v) is 8.44. The van der Waals surface area contributed by atoms with E-state index in [1.165, 1.54) is 0 Å². The minimum absolute atomic E-state index is 0.195. The summed E-state index contributed by atoms with van der Waals surface area (Å²) < 4.78 is 20.8. The van der Waals surface area contributed by atoms with E-state index < -0.39 is 5.79 Å². The van der Waals surface area contributed by atoms with Gasteiger partial charge in [-0.2, -0.15) is 0 Å². The minimum Gasteiger partial charge on any atom is -0.491 e. The third kappa shape index (κ3) is 7.48. The molecule has 2 fully saturated rings. The Morgan fingerprint density at radius 3 is 2.31 bits per heavy atom. The lowest BCUT2D eigenvalue weighted by atomic mass is 10.1. The summed E-state index contributed by atoms with van der Waals surface area (Å²) in [6, 6.07) is 21.3. The second kappa shape index (κ2) is 14.0. The summed E-state index contributed by atoms with van der Waals surface area (Å²) in [6.45, 7) is 7.14. The number of piperazine rings is 1. The molecule has 3 aromatic carbocycles. The number of carbonyl (C=O) groups is 1. The van der Waals surface area contributed by atoms with E-state index in [-0.39, 0.29) is 12.1 Å². The van der Waals surface area contributed by atoms with Crippen LogP contribution in [0.3, 0.4) is 0 Å². The molecule has 0 radical (unpaired) electrons. The Labute approximate surface area is 272 Å². The zero-order valence-corrected chi connectivity index (χ0v) is 26.5. The molecule has 0 aliphatic carbocycles. The molecule has 0 saturated carbocycles. The second-order valence-corrected chi connectivity index (χ2v) is 11.8. The van der Waals surface area contributed by atoms with E-state index in [1.807, 2.05) is 60.2 Å². The lowest BCUT2D eigenvalue weighted by Crippen LogP contribution is -2.46. The highest BCUT2D eigenvalue weighted by Crippen LogP contribution is 2.40. The van der Waals surface area contributed by atoms with Gasteiger partial charge in [-0.1, -0.05) is 29.3 Å². The van der Waals surface area contributed by atoms with Crippen LogP contribution in [0.4, 0.5) is 21.9 Å². The molecule has 2 N–H and O–H groups in total. The number of anilines is 3. The third-order valence-electron chi connectivity index (χ3n) is 7.90. The van der Waals surface area contributed by atoms with E-state index in [1.54, 1.807) is 24.7 Å². The van der Waals surface area contributed by atoms with Crippen molar-refractivity contribution in [3.05, 3.63) is 101 Å². The van der Waals surface area contributed by atoms with Crippen LogP contribution in [0.15, 0.2) is 85.5 Å². The monoisotopic (exact) mass is 650 g/mol. The highest BCUT2D eigenvalue weighted by Gasteiger charge is 2.45. The predicted molar refractivity (Wildman–Crippen MR) is 177 cm³/mol. The number of rotatable bonds is 10. The first-order valence-corrected chi connectivity index (χ1v) is 15.8. The summed E-state index contributed by atoms with van der Waals surface area (Å²) in [6.07, 6.45) is 4.99. The highest BCUT2D eigenvalue weighted by molar-refractivity contribution is 6.35. The van der Waals surface area contributed by atoms with E-state index in [9.17, 15) is 4.79 Å². The topological polar surface area (TPSA) is 93.1 Å². The van der Waals surface area contributed by atoms with Gasteiger partial charge in [0.25, 0.3) is 0 Å². The number of benzene rings is 3. The fraction of sp³-hybridized carbons (Fsp3) is 0.333. The summed E-state index contributed by atoms with van der Waals surface area (Å²) in [4.78, 5) is 20.6. The van der Waals surface area contributed by atoms with Gasteiger partial charge >= 0.3 is 6.03 Å². The molecule has 2 aliphatic rings. The molecule has 2 aliphatic heterocycles. The molecule has 0 unspecified atom stereocenters. The number of hydrogen-bond acceptors (Lipinski definition) is 7. The number of nitrogens with zero attached hydrogens (tertiary/aromatic N) is 4. The van der Waals surface area contributed by atoms with Crippen molar-refractivity contribution in [3.8, 4) is 5.75 Å². The first-order valence-electron chi connectivity index (χ1n) is 15.0. The number of ether oxygens (including phenoxy) is 3.